The first-order chi connectivity index (χ1) is 8.31. The molecule has 0 spiro atoms. The zero-order valence-electron chi connectivity index (χ0n) is 11.2. The van der Waals surface area contributed by atoms with Gasteiger partial charge >= 0.3 is 5.97 Å². The van der Waals surface area contributed by atoms with E-state index in [0.717, 1.165) is 32.3 Å². The first-order valence-electron chi connectivity index (χ1n) is 6.62. The summed E-state index contributed by atoms with van der Waals surface area (Å²) < 4.78 is 15.6. The first-order valence-corrected chi connectivity index (χ1v) is 6.62. The molecule has 0 unspecified atom stereocenters. The van der Waals surface area contributed by atoms with Crippen molar-refractivity contribution in [2.45, 2.75) is 46.0 Å². The number of carbonyl (C=O) groups excluding carboxylic acids is 1. The van der Waals surface area contributed by atoms with Crippen molar-refractivity contribution in [3.05, 3.63) is 0 Å². The molecule has 0 saturated heterocycles. The molecule has 0 radical (unpaired) electrons. The van der Waals surface area contributed by atoms with Gasteiger partial charge in [0, 0.05) is 19.6 Å². The van der Waals surface area contributed by atoms with Gasteiger partial charge in [-0.1, -0.05) is 20.3 Å². The van der Waals surface area contributed by atoms with Gasteiger partial charge < -0.3 is 14.2 Å². The predicted octanol–water partition coefficient (Wildman–Crippen LogP) is 2.55. The van der Waals surface area contributed by atoms with Gasteiger partial charge in [0.1, 0.15) is 0 Å². The van der Waals surface area contributed by atoms with Gasteiger partial charge in [0.2, 0.25) is 0 Å². The number of esters is 1. The molecule has 0 aliphatic heterocycles. The Morgan fingerprint density at radius 2 is 1.47 bits per heavy atom. The summed E-state index contributed by atoms with van der Waals surface area (Å²) in [6, 6.07) is 0. The molecular weight excluding hydrogens is 220 g/mol. The Kier molecular flexibility index (Phi) is 13.0. The third-order valence-electron chi connectivity index (χ3n) is 2.15. The van der Waals surface area contributed by atoms with Crippen LogP contribution in [-0.4, -0.2) is 39.0 Å². The van der Waals surface area contributed by atoms with Crippen molar-refractivity contribution in [3.63, 3.8) is 0 Å². The normalized spacial score (nSPS) is 10.5. The number of hydrogen-bond donors (Lipinski definition) is 0. The molecule has 0 aromatic rings. The van der Waals surface area contributed by atoms with Crippen LogP contribution in [0.5, 0.6) is 0 Å². The van der Waals surface area contributed by atoms with E-state index in [1.165, 1.54) is 0 Å². The molecule has 0 rings (SSSR count). The Morgan fingerprint density at radius 3 is 2.06 bits per heavy atom. The Balaban J connectivity index is 3.05. The average Bonchev–Trinajstić information content (AvgIpc) is 2.34. The van der Waals surface area contributed by atoms with E-state index in [0.29, 0.717) is 32.8 Å². The van der Waals surface area contributed by atoms with Gasteiger partial charge in [-0.25, -0.2) is 0 Å². The van der Waals surface area contributed by atoms with Crippen LogP contribution in [-0.2, 0) is 19.0 Å². The number of rotatable bonds is 12. The van der Waals surface area contributed by atoms with E-state index in [4.69, 9.17) is 14.2 Å². The van der Waals surface area contributed by atoms with E-state index in [1.807, 2.05) is 6.92 Å². The standard InChI is InChI=1S/C13H26O4/c1-3-5-9-15-11-12-16-10-6-7-13(14)17-8-4-2/h3-12H2,1-2H3. The molecule has 4 nitrogen and oxygen atoms in total. The summed E-state index contributed by atoms with van der Waals surface area (Å²) in [7, 11) is 0. The second kappa shape index (κ2) is 13.5. The summed E-state index contributed by atoms with van der Waals surface area (Å²) in [4.78, 5) is 11.1. The molecule has 0 aliphatic carbocycles. The van der Waals surface area contributed by atoms with Crippen molar-refractivity contribution >= 4 is 5.97 Å². The average molecular weight is 246 g/mol. The quantitative estimate of drug-likeness (QED) is 0.392. The predicted molar refractivity (Wildman–Crippen MR) is 67.0 cm³/mol. The Bertz CT molecular complexity index is 171. The number of carbonyl (C=O) groups is 1. The van der Waals surface area contributed by atoms with Crippen LogP contribution in [0.1, 0.15) is 46.0 Å². The summed E-state index contributed by atoms with van der Waals surface area (Å²) in [6.07, 6.45) is 4.29. The summed E-state index contributed by atoms with van der Waals surface area (Å²) in [6.45, 7) is 7.28. The van der Waals surface area contributed by atoms with E-state index in [9.17, 15) is 4.79 Å². The maximum Gasteiger partial charge on any atom is 0.305 e. The van der Waals surface area contributed by atoms with E-state index in [2.05, 4.69) is 6.92 Å². The molecule has 0 aromatic heterocycles. The Labute approximate surface area is 105 Å². The third-order valence-corrected chi connectivity index (χ3v) is 2.15. The van der Waals surface area contributed by atoms with Gasteiger partial charge in [-0.15, -0.1) is 0 Å². The molecular formula is C13H26O4. The molecule has 0 N–H and O–H groups in total. The topological polar surface area (TPSA) is 44.8 Å². The SMILES string of the molecule is CCCCOCCOCCCC(=O)OCCC. The van der Waals surface area contributed by atoms with Crippen LogP contribution in [0.15, 0.2) is 0 Å². The monoisotopic (exact) mass is 246 g/mol. The first kappa shape index (κ1) is 16.4. The van der Waals surface area contributed by atoms with Gasteiger partial charge in [0.15, 0.2) is 0 Å². The fraction of sp³-hybridized carbons (Fsp3) is 0.923. The lowest BCUT2D eigenvalue weighted by molar-refractivity contribution is -0.144. The van der Waals surface area contributed by atoms with E-state index >= 15 is 0 Å². The minimum atomic E-state index is -0.130. The highest BCUT2D eigenvalue weighted by Crippen LogP contribution is 1.95. The second-order valence-electron chi connectivity index (χ2n) is 3.90. The van der Waals surface area contributed by atoms with Crippen molar-refractivity contribution < 1.29 is 19.0 Å². The Morgan fingerprint density at radius 1 is 0.824 bits per heavy atom. The van der Waals surface area contributed by atoms with Crippen molar-refractivity contribution in [1.29, 1.82) is 0 Å². The minimum Gasteiger partial charge on any atom is -0.466 e. The summed E-state index contributed by atoms with van der Waals surface area (Å²) in [5, 5.41) is 0. The highest BCUT2D eigenvalue weighted by atomic mass is 16.5. The smallest absolute Gasteiger partial charge is 0.305 e. The molecule has 0 aliphatic rings. The van der Waals surface area contributed by atoms with Crippen LogP contribution in [0.4, 0.5) is 0 Å². The maximum atomic E-state index is 11.1. The fourth-order valence-corrected chi connectivity index (χ4v) is 1.18. The number of unbranched alkanes of at least 4 members (excludes halogenated alkanes) is 1. The summed E-state index contributed by atoms with van der Waals surface area (Å²) in [5.74, 6) is -0.130. The van der Waals surface area contributed by atoms with Gasteiger partial charge in [-0.2, -0.15) is 0 Å². The van der Waals surface area contributed by atoms with E-state index in [1.54, 1.807) is 0 Å². The van der Waals surface area contributed by atoms with Crippen LogP contribution in [0.3, 0.4) is 0 Å². The zero-order valence-corrected chi connectivity index (χ0v) is 11.2. The molecule has 0 bridgehead atoms. The minimum absolute atomic E-state index is 0.130. The molecule has 0 atom stereocenters. The molecule has 4 heteroatoms. The molecule has 102 valence electrons. The summed E-state index contributed by atoms with van der Waals surface area (Å²) in [5.41, 5.74) is 0. The lowest BCUT2D eigenvalue weighted by Gasteiger charge is -2.05. The third kappa shape index (κ3) is 13.3. The zero-order chi connectivity index (χ0) is 12.8. The lowest BCUT2D eigenvalue weighted by Crippen LogP contribution is -2.09. The molecule has 0 amide bonds. The molecule has 0 fully saturated rings. The number of ether oxygens (including phenoxy) is 3. The fourth-order valence-electron chi connectivity index (χ4n) is 1.18. The van der Waals surface area contributed by atoms with Gasteiger partial charge in [-0.3, -0.25) is 4.79 Å². The van der Waals surface area contributed by atoms with Gasteiger partial charge in [0.05, 0.1) is 19.8 Å². The van der Waals surface area contributed by atoms with E-state index in [-0.39, 0.29) is 5.97 Å². The van der Waals surface area contributed by atoms with Crippen molar-refractivity contribution in [2.75, 3.05) is 33.0 Å². The largest absolute Gasteiger partial charge is 0.466 e. The molecule has 0 saturated carbocycles. The Hall–Kier alpha value is -0.610. The van der Waals surface area contributed by atoms with Crippen molar-refractivity contribution in [2.24, 2.45) is 0 Å². The maximum absolute atomic E-state index is 11.1. The lowest BCUT2D eigenvalue weighted by atomic mass is 10.3. The van der Waals surface area contributed by atoms with Gasteiger partial charge in [-0.05, 0) is 19.3 Å². The van der Waals surface area contributed by atoms with Crippen LogP contribution < -0.4 is 0 Å². The summed E-state index contributed by atoms with van der Waals surface area (Å²) >= 11 is 0. The number of hydrogen-bond acceptors (Lipinski definition) is 4. The van der Waals surface area contributed by atoms with Crippen LogP contribution >= 0.6 is 0 Å². The van der Waals surface area contributed by atoms with Crippen molar-refractivity contribution in [1.82, 2.24) is 0 Å². The van der Waals surface area contributed by atoms with Gasteiger partial charge in [0.25, 0.3) is 0 Å². The van der Waals surface area contributed by atoms with Crippen molar-refractivity contribution in [3.8, 4) is 0 Å². The molecule has 0 heterocycles. The van der Waals surface area contributed by atoms with Crippen LogP contribution in [0.25, 0.3) is 0 Å². The van der Waals surface area contributed by atoms with E-state index < -0.39 is 0 Å². The molecule has 0 aromatic carbocycles. The van der Waals surface area contributed by atoms with Crippen LogP contribution in [0.2, 0.25) is 0 Å². The highest BCUT2D eigenvalue weighted by molar-refractivity contribution is 5.69. The second-order valence-corrected chi connectivity index (χ2v) is 3.90. The van der Waals surface area contributed by atoms with Crippen LogP contribution in [0, 0.1) is 0 Å². The highest BCUT2D eigenvalue weighted by Gasteiger charge is 2.01. The molecule has 17 heavy (non-hydrogen) atoms.